The van der Waals surface area contributed by atoms with Crippen LogP contribution in [-0.2, 0) is 0 Å². The summed E-state index contributed by atoms with van der Waals surface area (Å²) in [5.41, 5.74) is 36.2. The van der Waals surface area contributed by atoms with Gasteiger partial charge in [-0.2, -0.15) is 0 Å². The molecule has 0 bridgehead atoms. The first-order chi connectivity index (χ1) is 31.6. The molecule has 16 N–H and O–H groups in total. The van der Waals surface area contributed by atoms with E-state index in [0.29, 0.717) is 23.2 Å². The first-order valence-electron chi connectivity index (χ1n) is 27.4. The normalized spacial score (nSPS) is 32.2. The van der Waals surface area contributed by atoms with Gasteiger partial charge in [0, 0.05) is 135 Å². The molecule has 6 saturated heterocycles. The zero-order valence-corrected chi connectivity index (χ0v) is 48.9. The molecule has 6 heterocycles. The van der Waals surface area contributed by atoms with Crippen molar-refractivity contribution >= 4 is 0 Å². The van der Waals surface area contributed by atoms with Gasteiger partial charge in [0.15, 0.2) is 0 Å². The summed E-state index contributed by atoms with van der Waals surface area (Å²) in [6.45, 7) is 51.3. The van der Waals surface area contributed by atoms with Crippen LogP contribution in [0, 0.1) is 0 Å². The lowest BCUT2D eigenvalue weighted by molar-refractivity contribution is 0.0217. The number of aliphatic hydroxyl groups is 4. The summed E-state index contributed by atoms with van der Waals surface area (Å²) < 4.78 is 0. The Labute approximate surface area is 431 Å². The van der Waals surface area contributed by atoms with Crippen LogP contribution in [0.5, 0.6) is 0 Å². The standard InChI is InChI=1S/4C9H20N2O.2C9H20N2/c4*1-9(2,3)11-5-4-8(12)7(10)6-11;2*1-9(2,3)11-6-4-5-8(10)7-11/h4*7-8,12H,4-6,10H2,1-3H3;2*8H,4-7,10H2,1-3H3/t2*7-,8+;2*7-,8-;2*8-/m101010/s1. The molecule has 0 aromatic heterocycles. The lowest BCUT2D eigenvalue weighted by atomic mass is 9.97. The number of rotatable bonds is 0. The Kier molecular flexibility index (Phi) is 27.9. The molecule has 16 nitrogen and oxygen atoms in total. The number of hydrogen-bond acceptors (Lipinski definition) is 16. The molecule has 6 fully saturated rings. The molecule has 6 rings (SSSR count). The van der Waals surface area contributed by atoms with Crippen molar-refractivity contribution in [1.29, 1.82) is 0 Å². The highest BCUT2D eigenvalue weighted by Crippen LogP contribution is 2.24. The van der Waals surface area contributed by atoms with Crippen LogP contribution in [0.2, 0.25) is 0 Å². The Morgan fingerprint density at radius 2 is 0.443 bits per heavy atom. The molecule has 70 heavy (non-hydrogen) atoms. The molecule has 0 unspecified atom stereocenters. The highest BCUT2D eigenvalue weighted by molar-refractivity contribution is 4.92. The Morgan fingerprint density at radius 3 is 0.571 bits per heavy atom. The quantitative estimate of drug-likeness (QED) is 0.167. The Morgan fingerprint density at radius 1 is 0.271 bits per heavy atom. The van der Waals surface area contributed by atoms with Crippen molar-refractivity contribution in [3.05, 3.63) is 0 Å². The van der Waals surface area contributed by atoms with Crippen molar-refractivity contribution in [3.63, 3.8) is 0 Å². The summed E-state index contributed by atoms with van der Waals surface area (Å²) in [7, 11) is 0. The third kappa shape index (κ3) is 25.7. The molecule has 0 saturated carbocycles. The van der Waals surface area contributed by atoms with E-state index in [2.05, 4.69) is 154 Å². The fourth-order valence-corrected chi connectivity index (χ4v) is 9.55. The van der Waals surface area contributed by atoms with Gasteiger partial charge in [0.05, 0.1) is 24.4 Å². The van der Waals surface area contributed by atoms with E-state index in [4.69, 9.17) is 34.4 Å². The number of aliphatic hydroxyl groups excluding tert-OH is 4. The SMILES string of the molecule is CC(C)(C)N1CCC[C@@H](N)C1.CC(C)(C)N1CCC[C@H](N)C1.CC(C)(C)N1CC[C@@H](O)[C@@H](N)C1.CC(C)(C)N1CC[C@@H](O)[C@H](N)C1.CC(C)(C)N1CC[C@H](O)[C@@H](N)C1.CC(C)(C)N1CC[C@H](O)[C@H](N)C1. The lowest BCUT2D eigenvalue weighted by Gasteiger charge is -2.42. The van der Waals surface area contributed by atoms with Gasteiger partial charge in [-0.05, 0) is 189 Å². The molecule has 0 aromatic rings. The molecular formula is C54H120N12O4. The fourth-order valence-electron chi connectivity index (χ4n) is 9.55. The fraction of sp³-hybridized carbons (Fsp3) is 1.00. The van der Waals surface area contributed by atoms with Gasteiger partial charge in [0.25, 0.3) is 0 Å². The Balaban J connectivity index is 0.000000420. The largest absolute Gasteiger partial charge is 0.391 e. The minimum atomic E-state index is -0.302. The van der Waals surface area contributed by atoms with Gasteiger partial charge in [-0.15, -0.1) is 0 Å². The maximum Gasteiger partial charge on any atom is 0.0715 e. The molecular weight excluding hydrogens is 881 g/mol. The van der Waals surface area contributed by atoms with Crippen molar-refractivity contribution in [2.45, 2.75) is 270 Å². The van der Waals surface area contributed by atoms with Gasteiger partial charge in [-0.1, -0.05) is 0 Å². The van der Waals surface area contributed by atoms with E-state index in [1.54, 1.807) is 0 Å². The molecule has 0 spiro atoms. The number of hydrogen-bond donors (Lipinski definition) is 10. The van der Waals surface area contributed by atoms with Crippen LogP contribution in [-0.4, -0.2) is 222 Å². The summed E-state index contributed by atoms with van der Waals surface area (Å²) in [6.07, 6.45) is 6.93. The third-order valence-corrected chi connectivity index (χ3v) is 15.1. The predicted octanol–water partition coefficient (Wildman–Crippen LogP) is 3.13. The van der Waals surface area contributed by atoms with Gasteiger partial charge in [0.1, 0.15) is 0 Å². The molecule has 0 aromatic carbocycles. The Hall–Kier alpha value is -0.640. The molecule has 16 heteroatoms. The van der Waals surface area contributed by atoms with Crippen LogP contribution >= 0.6 is 0 Å². The van der Waals surface area contributed by atoms with Crippen LogP contribution < -0.4 is 34.4 Å². The van der Waals surface area contributed by atoms with Crippen LogP contribution in [0.15, 0.2) is 0 Å². The monoisotopic (exact) mass is 1000 g/mol. The van der Waals surface area contributed by atoms with Crippen LogP contribution in [0.3, 0.4) is 0 Å². The predicted molar refractivity (Wildman–Crippen MR) is 297 cm³/mol. The molecule has 6 aliphatic heterocycles. The van der Waals surface area contributed by atoms with Crippen LogP contribution in [0.4, 0.5) is 0 Å². The van der Waals surface area contributed by atoms with Gasteiger partial charge < -0.3 is 54.8 Å². The number of piperidine rings is 6. The molecule has 6 aliphatic rings. The summed E-state index contributed by atoms with van der Waals surface area (Å²) >= 11 is 0. The first-order valence-corrected chi connectivity index (χ1v) is 27.4. The third-order valence-electron chi connectivity index (χ3n) is 15.1. The molecule has 420 valence electrons. The van der Waals surface area contributed by atoms with Crippen molar-refractivity contribution < 1.29 is 20.4 Å². The second-order valence-corrected chi connectivity index (χ2v) is 27.6. The van der Waals surface area contributed by atoms with Gasteiger partial charge in [-0.25, -0.2) is 0 Å². The average Bonchev–Trinajstić information content (AvgIpc) is 3.21. The minimum absolute atomic E-state index is 0.0713. The van der Waals surface area contributed by atoms with E-state index >= 15 is 0 Å². The van der Waals surface area contributed by atoms with Gasteiger partial charge in [0.2, 0.25) is 0 Å². The summed E-state index contributed by atoms with van der Waals surface area (Å²) in [5, 5.41) is 37.6. The maximum absolute atomic E-state index is 9.41. The average molecular weight is 1000 g/mol. The second kappa shape index (κ2) is 29.0. The van der Waals surface area contributed by atoms with E-state index in [9.17, 15) is 20.4 Å². The molecule has 10 atom stereocenters. The maximum atomic E-state index is 9.41. The zero-order chi connectivity index (χ0) is 54.4. The lowest BCUT2D eigenvalue weighted by Crippen LogP contribution is -2.56. The van der Waals surface area contributed by atoms with E-state index in [1.807, 2.05) is 0 Å². The van der Waals surface area contributed by atoms with E-state index in [-0.39, 0.29) is 70.7 Å². The van der Waals surface area contributed by atoms with Crippen molar-refractivity contribution in [1.82, 2.24) is 29.4 Å². The summed E-state index contributed by atoms with van der Waals surface area (Å²) in [5.74, 6) is 0. The molecule has 0 aliphatic carbocycles. The van der Waals surface area contributed by atoms with E-state index in [1.165, 1.54) is 38.8 Å². The first kappa shape index (κ1) is 67.4. The van der Waals surface area contributed by atoms with Crippen LogP contribution in [0.1, 0.15) is 176 Å². The topological polar surface area (TPSA) is 256 Å². The van der Waals surface area contributed by atoms with Gasteiger partial charge >= 0.3 is 0 Å². The number of likely N-dealkylation sites (tertiary alicyclic amines) is 6. The smallest absolute Gasteiger partial charge is 0.0715 e. The van der Waals surface area contributed by atoms with Crippen LogP contribution in [0.25, 0.3) is 0 Å². The summed E-state index contributed by atoms with van der Waals surface area (Å²) in [4.78, 5) is 14.2. The molecule has 0 amide bonds. The number of nitrogens with two attached hydrogens (primary N) is 6. The Bertz CT molecular complexity index is 1230. The van der Waals surface area contributed by atoms with E-state index in [0.717, 1.165) is 91.1 Å². The highest BCUT2D eigenvalue weighted by Gasteiger charge is 2.34. The van der Waals surface area contributed by atoms with E-state index < -0.39 is 0 Å². The summed E-state index contributed by atoms with van der Waals surface area (Å²) in [6, 6.07) is 0.526. The number of nitrogens with zero attached hydrogens (tertiary/aromatic N) is 6. The zero-order valence-electron chi connectivity index (χ0n) is 48.9. The second-order valence-electron chi connectivity index (χ2n) is 27.6. The highest BCUT2D eigenvalue weighted by atomic mass is 16.3. The van der Waals surface area contributed by atoms with Gasteiger partial charge in [-0.3, -0.25) is 29.4 Å². The van der Waals surface area contributed by atoms with Crippen molar-refractivity contribution in [3.8, 4) is 0 Å². The van der Waals surface area contributed by atoms with Crippen molar-refractivity contribution in [2.24, 2.45) is 34.4 Å². The minimum Gasteiger partial charge on any atom is -0.391 e. The molecule has 0 radical (unpaired) electrons. The van der Waals surface area contributed by atoms with Crippen molar-refractivity contribution in [2.75, 3.05) is 78.5 Å².